The van der Waals surface area contributed by atoms with Crippen molar-refractivity contribution in [2.45, 2.75) is 66.9 Å². The largest absolute Gasteiger partial charge is 0.462 e. The van der Waals surface area contributed by atoms with E-state index in [1.54, 1.807) is 0 Å². The summed E-state index contributed by atoms with van der Waals surface area (Å²) in [5.74, 6) is -0.556. The fourth-order valence-electron chi connectivity index (χ4n) is 1.72. The minimum atomic E-state index is -3.51. The van der Waals surface area contributed by atoms with E-state index in [2.05, 4.69) is 20.8 Å². The summed E-state index contributed by atoms with van der Waals surface area (Å²) in [6.07, 6.45) is 0.846. The molecule has 0 fully saturated rings. The number of ether oxygens (including phenoxy) is 1. The highest BCUT2D eigenvalue weighted by molar-refractivity contribution is 7.89. The number of esters is 1. The number of sulfonamides is 1. The first kappa shape index (κ1) is 19.4. The molecule has 0 radical (unpaired) electrons. The maximum absolute atomic E-state index is 11.8. The molecular weight excluding hydrogens is 278 g/mol. The standard InChI is InChI=1S/C14H29NO4S/c1-13(2,3)10-11(14(4,5)6)19-12(16)8-7-9-20(15,17)18/h11H,7-10H2,1-6H3,(H2,15,17,18). The summed E-state index contributed by atoms with van der Waals surface area (Å²) in [5, 5.41) is 4.90. The third-order valence-electron chi connectivity index (χ3n) is 2.85. The van der Waals surface area contributed by atoms with E-state index in [9.17, 15) is 13.2 Å². The van der Waals surface area contributed by atoms with Crippen LogP contribution in [0.3, 0.4) is 0 Å². The van der Waals surface area contributed by atoms with Gasteiger partial charge in [-0.1, -0.05) is 41.5 Å². The first-order valence-electron chi connectivity index (χ1n) is 6.91. The summed E-state index contributed by atoms with van der Waals surface area (Å²) < 4.78 is 27.1. The van der Waals surface area contributed by atoms with Crippen LogP contribution in [0.15, 0.2) is 0 Å². The molecule has 0 aliphatic heterocycles. The number of carbonyl (C=O) groups excluding carboxylic acids is 1. The van der Waals surface area contributed by atoms with Gasteiger partial charge in [-0.3, -0.25) is 4.79 Å². The molecule has 0 aromatic rings. The molecule has 0 rings (SSSR count). The molecule has 0 aromatic heterocycles. The zero-order valence-electron chi connectivity index (χ0n) is 13.5. The van der Waals surface area contributed by atoms with Gasteiger partial charge in [0.25, 0.3) is 0 Å². The van der Waals surface area contributed by atoms with E-state index in [-0.39, 0.29) is 41.5 Å². The summed E-state index contributed by atoms with van der Waals surface area (Å²) in [4.78, 5) is 11.8. The first-order valence-corrected chi connectivity index (χ1v) is 8.62. The Balaban J connectivity index is 4.48. The highest BCUT2D eigenvalue weighted by Crippen LogP contribution is 2.33. The van der Waals surface area contributed by atoms with Gasteiger partial charge >= 0.3 is 5.97 Å². The van der Waals surface area contributed by atoms with E-state index in [1.807, 2.05) is 20.8 Å². The lowest BCUT2D eigenvalue weighted by molar-refractivity contribution is -0.156. The Hall–Kier alpha value is -0.620. The zero-order valence-corrected chi connectivity index (χ0v) is 14.3. The fraction of sp³-hybridized carbons (Fsp3) is 0.929. The molecule has 0 aromatic carbocycles. The Kier molecular flexibility index (Phi) is 6.68. The monoisotopic (exact) mass is 307 g/mol. The molecule has 2 N–H and O–H groups in total. The number of nitrogens with two attached hydrogens (primary N) is 1. The van der Waals surface area contributed by atoms with E-state index in [0.717, 1.165) is 6.42 Å². The van der Waals surface area contributed by atoms with Gasteiger partial charge in [-0.2, -0.15) is 0 Å². The number of carbonyl (C=O) groups is 1. The molecule has 1 atom stereocenters. The molecule has 20 heavy (non-hydrogen) atoms. The molecule has 1 unspecified atom stereocenters. The average molecular weight is 307 g/mol. The van der Waals surface area contributed by atoms with Crippen molar-refractivity contribution in [2.24, 2.45) is 16.0 Å². The second-order valence-electron chi connectivity index (χ2n) is 7.58. The van der Waals surface area contributed by atoms with Crippen LogP contribution in [-0.2, 0) is 19.6 Å². The molecular formula is C14H29NO4S. The van der Waals surface area contributed by atoms with Crippen molar-refractivity contribution in [3.8, 4) is 0 Å². The molecule has 0 aliphatic carbocycles. The van der Waals surface area contributed by atoms with Crippen LogP contribution in [0.2, 0.25) is 0 Å². The summed E-state index contributed by atoms with van der Waals surface area (Å²) in [6, 6.07) is 0. The Morgan fingerprint density at radius 2 is 1.65 bits per heavy atom. The average Bonchev–Trinajstić information content (AvgIpc) is 2.10. The second kappa shape index (κ2) is 6.89. The first-order chi connectivity index (χ1) is 8.71. The third kappa shape index (κ3) is 10.2. The van der Waals surface area contributed by atoms with Crippen molar-refractivity contribution >= 4 is 16.0 Å². The highest BCUT2D eigenvalue weighted by Gasteiger charge is 2.32. The Morgan fingerprint density at radius 3 is 2.00 bits per heavy atom. The fourth-order valence-corrected chi connectivity index (χ4v) is 2.26. The highest BCUT2D eigenvalue weighted by atomic mass is 32.2. The molecule has 0 bridgehead atoms. The van der Waals surface area contributed by atoms with Crippen molar-refractivity contribution in [1.29, 1.82) is 0 Å². The number of rotatable bonds is 6. The predicted molar refractivity (Wildman–Crippen MR) is 80.6 cm³/mol. The van der Waals surface area contributed by atoms with Gasteiger partial charge < -0.3 is 4.74 Å². The van der Waals surface area contributed by atoms with Crippen LogP contribution in [0, 0.1) is 10.8 Å². The molecule has 0 amide bonds. The smallest absolute Gasteiger partial charge is 0.306 e. The van der Waals surface area contributed by atoms with E-state index >= 15 is 0 Å². The zero-order chi connectivity index (χ0) is 16.2. The second-order valence-corrected chi connectivity index (χ2v) is 9.31. The number of primary sulfonamides is 1. The predicted octanol–water partition coefficient (Wildman–Crippen LogP) is 2.45. The van der Waals surface area contributed by atoms with Crippen LogP contribution < -0.4 is 5.14 Å². The van der Waals surface area contributed by atoms with Gasteiger partial charge in [0.1, 0.15) is 6.10 Å². The van der Waals surface area contributed by atoms with Crippen LogP contribution in [0.4, 0.5) is 0 Å². The summed E-state index contributed by atoms with van der Waals surface area (Å²) >= 11 is 0. The van der Waals surface area contributed by atoms with Crippen molar-refractivity contribution in [3.05, 3.63) is 0 Å². The van der Waals surface area contributed by atoms with E-state index in [4.69, 9.17) is 9.88 Å². The lowest BCUT2D eigenvalue weighted by Gasteiger charge is -2.35. The quantitative estimate of drug-likeness (QED) is 0.764. The molecule has 0 saturated carbocycles. The van der Waals surface area contributed by atoms with Crippen LogP contribution in [0.25, 0.3) is 0 Å². The van der Waals surface area contributed by atoms with Crippen molar-refractivity contribution < 1.29 is 17.9 Å². The van der Waals surface area contributed by atoms with E-state index < -0.39 is 10.0 Å². The number of hydrogen-bond acceptors (Lipinski definition) is 4. The summed E-state index contributed by atoms with van der Waals surface area (Å²) in [5.41, 5.74) is -0.0955. The maximum atomic E-state index is 11.8. The molecule has 0 spiro atoms. The minimum Gasteiger partial charge on any atom is -0.462 e. The van der Waals surface area contributed by atoms with Gasteiger partial charge in [0.15, 0.2) is 0 Å². The third-order valence-corrected chi connectivity index (χ3v) is 3.70. The minimum absolute atomic E-state index is 0.0544. The molecule has 0 aliphatic rings. The molecule has 6 heteroatoms. The van der Waals surface area contributed by atoms with Gasteiger partial charge in [-0.05, 0) is 23.7 Å². The van der Waals surface area contributed by atoms with Gasteiger partial charge in [0.05, 0.1) is 5.75 Å². The summed E-state index contributed by atoms with van der Waals surface area (Å²) in [7, 11) is -3.51. The van der Waals surface area contributed by atoms with E-state index in [0.29, 0.717) is 0 Å². The lowest BCUT2D eigenvalue weighted by atomic mass is 9.78. The Labute approximate surface area is 123 Å². The maximum Gasteiger partial charge on any atom is 0.306 e. The van der Waals surface area contributed by atoms with Gasteiger partial charge in [0.2, 0.25) is 10.0 Å². The van der Waals surface area contributed by atoms with Crippen LogP contribution in [0.5, 0.6) is 0 Å². The molecule has 5 nitrogen and oxygen atoms in total. The van der Waals surface area contributed by atoms with Crippen LogP contribution in [0.1, 0.15) is 60.8 Å². The van der Waals surface area contributed by atoms with Crippen LogP contribution >= 0.6 is 0 Å². The van der Waals surface area contributed by atoms with Gasteiger partial charge in [0, 0.05) is 6.42 Å². The topological polar surface area (TPSA) is 86.5 Å². The van der Waals surface area contributed by atoms with Gasteiger partial charge in [-0.15, -0.1) is 0 Å². The molecule has 0 saturated heterocycles. The molecule has 0 heterocycles. The molecule has 120 valence electrons. The van der Waals surface area contributed by atoms with Crippen molar-refractivity contribution in [2.75, 3.05) is 5.75 Å². The summed E-state index contributed by atoms with van der Waals surface area (Å²) in [6.45, 7) is 12.4. The van der Waals surface area contributed by atoms with Crippen molar-refractivity contribution in [3.63, 3.8) is 0 Å². The Morgan fingerprint density at radius 1 is 1.15 bits per heavy atom. The SMILES string of the molecule is CC(C)(C)CC(OC(=O)CCCS(N)(=O)=O)C(C)(C)C. The van der Waals surface area contributed by atoms with Gasteiger partial charge in [-0.25, -0.2) is 13.6 Å². The van der Waals surface area contributed by atoms with Crippen molar-refractivity contribution in [1.82, 2.24) is 0 Å². The van der Waals surface area contributed by atoms with E-state index in [1.165, 1.54) is 0 Å². The Bertz CT molecular complexity index is 415. The van der Waals surface area contributed by atoms with Crippen LogP contribution in [-0.4, -0.2) is 26.2 Å². The lowest BCUT2D eigenvalue weighted by Crippen LogP contribution is -2.35. The normalized spacial score (nSPS) is 14.9. The number of hydrogen-bond donors (Lipinski definition) is 1.